The fourth-order valence-electron chi connectivity index (χ4n) is 4.46. The molecule has 0 atom stereocenters. The van der Waals surface area contributed by atoms with Crippen molar-refractivity contribution in [1.29, 1.82) is 5.41 Å². The Hall–Kier alpha value is -5.12. The molecular formula is C28H24FN7O2. The topological polar surface area (TPSA) is 143 Å². The number of rotatable bonds is 6. The lowest BCUT2D eigenvalue weighted by Crippen LogP contribution is -2.25. The number of fused-ring (bicyclic) bond motifs is 1. The fraction of sp³-hybridized carbons (Fsp3) is 0.107. The van der Waals surface area contributed by atoms with Gasteiger partial charge in [0.25, 0.3) is 5.56 Å². The molecule has 38 heavy (non-hydrogen) atoms. The maximum atomic E-state index is 13.9. The minimum Gasteiger partial charge on any atom is -0.508 e. The van der Waals surface area contributed by atoms with Crippen LogP contribution in [0, 0.1) is 25.1 Å². The molecule has 5 rings (SSSR count). The average molecular weight is 510 g/mol. The number of benzene rings is 2. The third kappa shape index (κ3) is 4.43. The second-order valence-electron chi connectivity index (χ2n) is 8.86. The summed E-state index contributed by atoms with van der Waals surface area (Å²) in [5.41, 5.74) is 9.59. The van der Waals surface area contributed by atoms with Crippen LogP contribution in [-0.2, 0) is 6.54 Å². The van der Waals surface area contributed by atoms with Gasteiger partial charge in [0, 0.05) is 23.5 Å². The smallest absolute Gasteiger partial charge is 0.265 e. The minimum atomic E-state index is -0.698. The molecule has 0 radical (unpaired) electrons. The molecule has 5 N–H and O–H groups in total. The molecule has 10 heteroatoms. The van der Waals surface area contributed by atoms with E-state index in [1.807, 2.05) is 44.2 Å². The summed E-state index contributed by atoms with van der Waals surface area (Å²) in [5, 5.41) is 22.2. The van der Waals surface area contributed by atoms with Crippen molar-refractivity contribution in [2.45, 2.75) is 20.4 Å². The number of pyridine rings is 2. The highest BCUT2D eigenvalue weighted by Gasteiger charge is 2.19. The Morgan fingerprint density at radius 1 is 1.08 bits per heavy atom. The lowest BCUT2D eigenvalue weighted by Gasteiger charge is -2.19. The largest absolute Gasteiger partial charge is 0.508 e. The average Bonchev–Trinajstić information content (AvgIpc) is 2.87. The van der Waals surface area contributed by atoms with E-state index in [-0.39, 0.29) is 46.3 Å². The summed E-state index contributed by atoms with van der Waals surface area (Å²) in [4.78, 5) is 26.4. The summed E-state index contributed by atoms with van der Waals surface area (Å²) in [7, 11) is 0. The molecule has 0 aliphatic heterocycles. The van der Waals surface area contributed by atoms with E-state index in [1.54, 1.807) is 16.8 Å². The molecule has 0 saturated heterocycles. The van der Waals surface area contributed by atoms with Crippen molar-refractivity contribution in [2.24, 2.45) is 0 Å². The molecule has 0 bridgehead atoms. The number of hydrogen-bond acceptors (Lipinski definition) is 8. The van der Waals surface area contributed by atoms with E-state index in [9.17, 15) is 14.3 Å². The third-order valence-electron chi connectivity index (χ3n) is 6.29. The molecule has 0 fully saturated rings. The first-order valence-corrected chi connectivity index (χ1v) is 11.7. The van der Waals surface area contributed by atoms with Crippen molar-refractivity contribution < 1.29 is 9.50 Å². The van der Waals surface area contributed by atoms with Gasteiger partial charge in [0.05, 0.1) is 34.4 Å². The van der Waals surface area contributed by atoms with Gasteiger partial charge in [-0.05, 0) is 55.3 Å². The zero-order valence-corrected chi connectivity index (χ0v) is 20.7. The van der Waals surface area contributed by atoms with Crippen LogP contribution in [0.1, 0.15) is 27.9 Å². The molecule has 3 aromatic heterocycles. The van der Waals surface area contributed by atoms with Gasteiger partial charge < -0.3 is 16.2 Å². The fourth-order valence-corrected chi connectivity index (χ4v) is 4.46. The second kappa shape index (κ2) is 9.74. The number of para-hydroxylation sites is 1. The van der Waals surface area contributed by atoms with Gasteiger partial charge >= 0.3 is 0 Å². The van der Waals surface area contributed by atoms with Gasteiger partial charge in [-0.1, -0.05) is 18.2 Å². The van der Waals surface area contributed by atoms with Crippen LogP contribution in [0.15, 0.2) is 71.9 Å². The molecule has 0 unspecified atom stereocenters. The lowest BCUT2D eigenvalue weighted by molar-refractivity contribution is 0.469. The number of phenols is 1. The standard InChI is InChI=1S/C28H24FN7O2/c1-15-5-3-4-6-22(15)36-19(12-21-23(28(36)38)16(2)7-8-32-21)13-33-27-24(26(31)34-14-35-27)25(30)17-9-18(29)11-20(37)10-17/h3-12,14,30,37H,13H2,1-2H3,(H3,31,33,34,35). The zero-order chi connectivity index (χ0) is 27.0. The summed E-state index contributed by atoms with van der Waals surface area (Å²) in [6, 6.07) is 14.5. The van der Waals surface area contributed by atoms with Gasteiger partial charge in [-0.3, -0.25) is 19.8 Å². The maximum absolute atomic E-state index is 13.9. The van der Waals surface area contributed by atoms with Crippen LogP contribution < -0.4 is 16.6 Å². The second-order valence-corrected chi connectivity index (χ2v) is 8.86. The van der Waals surface area contributed by atoms with Gasteiger partial charge in [0.15, 0.2) is 0 Å². The summed E-state index contributed by atoms with van der Waals surface area (Å²) in [6.07, 6.45) is 2.91. The minimum absolute atomic E-state index is 0.00310. The number of nitrogens with zero attached hydrogens (tertiary/aromatic N) is 4. The van der Waals surface area contributed by atoms with Crippen molar-refractivity contribution in [3.8, 4) is 11.4 Å². The number of halogens is 1. The molecule has 3 heterocycles. The first-order chi connectivity index (χ1) is 18.2. The normalized spacial score (nSPS) is 11.0. The Balaban J connectivity index is 1.61. The van der Waals surface area contributed by atoms with E-state index in [0.29, 0.717) is 16.6 Å². The highest BCUT2D eigenvalue weighted by molar-refractivity contribution is 6.16. The number of nitrogen functional groups attached to an aromatic ring is 1. The molecule has 9 nitrogen and oxygen atoms in total. The van der Waals surface area contributed by atoms with Crippen molar-refractivity contribution >= 4 is 28.3 Å². The van der Waals surface area contributed by atoms with Crippen LogP contribution >= 0.6 is 0 Å². The van der Waals surface area contributed by atoms with Crippen molar-refractivity contribution in [1.82, 2.24) is 19.5 Å². The van der Waals surface area contributed by atoms with E-state index in [1.165, 1.54) is 12.4 Å². The number of nitrogens with two attached hydrogens (primary N) is 1. The molecule has 190 valence electrons. The van der Waals surface area contributed by atoms with Crippen LogP contribution in [0.5, 0.6) is 5.75 Å². The molecule has 2 aromatic carbocycles. The number of hydrogen-bond donors (Lipinski definition) is 4. The van der Waals surface area contributed by atoms with Crippen LogP contribution in [0.3, 0.4) is 0 Å². The highest BCUT2D eigenvalue weighted by atomic mass is 19.1. The highest BCUT2D eigenvalue weighted by Crippen LogP contribution is 2.26. The van der Waals surface area contributed by atoms with E-state index >= 15 is 0 Å². The molecular weight excluding hydrogens is 485 g/mol. The van der Waals surface area contributed by atoms with Crippen LogP contribution in [0.4, 0.5) is 16.0 Å². The predicted molar refractivity (Wildman–Crippen MR) is 145 cm³/mol. The van der Waals surface area contributed by atoms with Gasteiger partial charge in [0.1, 0.15) is 29.5 Å². The van der Waals surface area contributed by atoms with E-state index in [4.69, 9.17) is 11.1 Å². The summed E-state index contributed by atoms with van der Waals surface area (Å²) >= 11 is 0. The zero-order valence-electron chi connectivity index (χ0n) is 20.7. The predicted octanol–water partition coefficient (Wildman–Crippen LogP) is 4.25. The van der Waals surface area contributed by atoms with Gasteiger partial charge in [-0.2, -0.15) is 0 Å². The molecule has 0 amide bonds. The summed E-state index contributed by atoms with van der Waals surface area (Å²) in [5.74, 6) is -0.803. The van der Waals surface area contributed by atoms with Gasteiger partial charge in [-0.15, -0.1) is 0 Å². The van der Waals surface area contributed by atoms with Crippen LogP contribution in [0.2, 0.25) is 0 Å². The van der Waals surface area contributed by atoms with E-state index < -0.39 is 5.82 Å². The molecule has 0 saturated carbocycles. The Labute approximate surface area is 217 Å². The van der Waals surface area contributed by atoms with Gasteiger partial charge in [0.2, 0.25) is 0 Å². The first-order valence-electron chi connectivity index (χ1n) is 11.7. The molecule has 0 aliphatic rings. The Morgan fingerprint density at radius 2 is 1.87 bits per heavy atom. The molecule has 5 aromatic rings. The van der Waals surface area contributed by atoms with E-state index in [2.05, 4.69) is 20.3 Å². The number of aromatic hydroxyl groups is 1. The number of phenolic OH excluding ortho intramolecular Hbond substituents is 1. The summed E-state index contributed by atoms with van der Waals surface area (Å²) < 4.78 is 15.6. The van der Waals surface area contributed by atoms with Gasteiger partial charge in [-0.25, -0.2) is 14.4 Å². The van der Waals surface area contributed by atoms with Crippen molar-refractivity contribution in [2.75, 3.05) is 11.1 Å². The third-order valence-corrected chi connectivity index (χ3v) is 6.29. The van der Waals surface area contributed by atoms with Crippen LogP contribution in [-0.4, -0.2) is 30.3 Å². The number of anilines is 2. The Kier molecular flexibility index (Phi) is 6.29. The lowest BCUT2D eigenvalue weighted by atomic mass is 10.0. The summed E-state index contributed by atoms with van der Waals surface area (Å²) in [6.45, 7) is 3.93. The van der Waals surface area contributed by atoms with Crippen molar-refractivity contribution in [3.05, 3.63) is 111 Å². The Morgan fingerprint density at radius 3 is 2.63 bits per heavy atom. The first kappa shape index (κ1) is 24.6. The monoisotopic (exact) mass is 509 g/mol. The number of aryl methyl sites for hydroxylation is 2. The van der Waals surface area contributed by atoms with Crippen molar-refractivity contribution in [3.63, 3.8) is 0 Å². The Bertz CT molecular complexity index is 1760. The van der Waals surface area contributed by atoms with E-state index in [0.717, 1.165) is 28.9 Å². The maximum Gasteiger partial charge on any atom is 0.265 e. The molecule has 0 aliphatic carbocycles. The number of aromatic nitrogens is 4. The van der Waals surface area contributed by atoms with Crippen LogP contribution in [0.25, 0.3) is 16.6 Å². The SMILES string of the molecule is Cc1ccccc1-n1c(CNc2ncnc(N)c2C(=N)c2cc(O)cc(F)c2)cc2nccc(C)c2c1=O. The quantitative estimate of drug-likeness (QED) is 0.251. The number of nitrogens with one attached hydrogen (secondary N) is 2. The molecule has 0 spiro atoms.